The lowest BCUT2D eigenvalue weighted by Crippen LogP contribution is -2.40. The van der Waals surface area contributed by atoms with Gasteiger partial charge in [-0.3, -0.25) is 9.36 Å². The van der Waals surface area contributed by atoms with E-state index in [4.69, 9.17) is 23.9 Å². The van der Waals surface area contributed by atoms with Crippen molar-refractivity contribution < 1.29 is 23.7 Å². The first-order valence-electron chi connectivity index (χ1n) is 14.8. The molecule has 1 aliphatic rings. The number of carbonyl (C=O) groups is 1. The van der Waals surface area contributed by atoms with E-state index in [2.05, 4.69) is 0 Å². The molecule has 232 valence electrons. The number of hydrogen-bond donors (Lipinski definition) is 0. The van der Waals surface area contributed by atoms with Gasteiger partial charge in [-0.2, -0.15) is 0 Å². The smallest absolute Gasteiger partial charge is 0.338 e. The zero-order chi connectivity index (χ0) is 32.0. The number of ether oxygens (including phenoxy) is 4. The Kier molecular flexibility index (Phi) is 9.12. The van der Waals surface area contributed by atoms with Crippen LogP contribution >= 0.6 is 11.3 Å². The number of fused-ring (bicyclic) bond motifs is 1. The summed E-state index contributed by atoms with van der Waals surface area (Å²) in [5, 5.41) is 0. The molecule has 0 amide bonds. The van der Waals surface area contributed by atoms with Crippen molar-refractivity contribution in [2.45, 2.75) is 19.6 Å². The summed E-state index contributed by atoms with van der Waals surface area (Å²) in [5.41, 5.74) is 3.75. The van der Waals surface area contributed by atoms with Crippen LogP contribution in [0.3, 0.4) is 0 Å². The minimum atomic E-state index is -0.776. The van der Waals surface area contributed by atoms with Gasteiger partial charge < -0.3 is 18.9 Å². The normalized spacial score (nSPS) is 14.3. The Balaban J connectivity index is 1.48. The highest BCUT2D eigenvalue weighted by Crippen LogP contribution is 2.36. The molecule has 0 N–H and O–H groups in total. The Morgan fingerprint density at radius 3 is 2.28 bits per heavy atom. The predicted molar refractivity (Wildman–Crippen MR) is 178 cm³/mol. The topological polar surface area (TPSA) is 88.4 Å². The van der Waals surface area contributed by atoms with Crippen LogP contribution in [-0.2, 0) is 16.1 Å². The Morgan fingerprint density at radius 1 is 0.891 bits per heavy atom. The van der Waals surface area contributed by atoms with Gasteiger partial charge in [-0.15, -0.1) is 0 Å². The lowest BCUT2D eigenvalue weighted by molar-refractivity contribution is -0.138. The Bertz CT molecular complexity index is 2070. The zero-order valence-electron chi connectivity index (χ0n) is 25.6. The van der Waals surface area contributed by atoms with E-state index in [0.29, 0.717) is 44.5 Å². The van der Waals surface area contributed by atoms with E-state index in [1.807, 2.05) is 103 Å². The summed E-state index contributed by atoms with van der Waals surface area (Å²) >= 11 is 1.26. The molecule has 2 heterocycles. The van der Waals surface area contributed by atoms with Gasteiger partial charge in [0.05, 0.1) is 42.7 Å². The van der Waals surface area contributed by atoms with E-state index < -0.39 is 12.0 Å². The SMILES string of the molecule is CCOC(=O)C1=C(c2ccccc2)N=c2s/c(=C\c3ccc(OCc4ccccc4)c(OC)c3)c(=O)n2C1c1ccc(OC)cc1. The minimum Gasteiger partial charge on any atom is -0.497 e. The molecule has 0 aliphatic carbocycles. The van der Waals surface area contributed by atoms with Gasteiger partial charge in [0.15, 0.2) is 16.3 Å². The van der Waals surface area contributed by atoms with Gasteiger partial charge in [0.25, 0.3) is 5.56 Å². The van der Waals surface area contributed by atoms with Crippen molar-refractivity contribution in [3.63, 3.8) is 0 Å². The van der Waals surface area contributed by atoms with Crippen LogP contribution in [0.15, 0.2) is 118 Å². The van der Waals surface area contributed by atoms with Crippen molar-refractivity contribution in [2.75, 3.05) is 20.8 Å². The van der Waals surface area contributed by atoms with Crippen molar-refractivity contribution in [1.29, 1.82) is 0 Å². The minimum absolute atomic E-state index is 0.178. The summed E-state index contributed by atoms with van der Waals surface area (Å²) in [6.07, 6.45) is 1.80. The fourth-order valence-corrected chi connectivity index (χ4v) is 6.32. The molecule has 46 heavy (non-hydrogen) atoms. The van der Waals surface area contributed by atoms with Crippen LogP contribution in [-0.4, -0.2) is 31.4 Å². The average Bonchev–Trinajstić information content (AvgIpc) is 3.41. The second kappa shape index (κ2) is 13.7. The van der Waals surface area contributed by atoms with Crippen molar-refractivity contribution in [3.05, 3.63) is 151 Å². The molecular formula is C37H32N2O6S. The van der Waals surface area contributed by atoms with E-state index in [1.54, 1.807) is 31.8 Å². The largest absolute Gasteiger partial charge is 0.497 e. The van der Waals surface area contributed by atoms with E-state index in [-0.39, 0.29) is 12.2 Å². The zero-order valence-corrected chi connectivity index (χ0v) is 26.5. The van der Waals surface area contributed by atoms with Gasteiger partial charge in [-0.05, 0) is 54.0 Å². The van der Waals surface area contributed by atoms with E-state index >= 15 is 0 Å². The first-order chi connectivity index (χ1) is 22.5. The van der Waals surface area contributed by atoms with Gasteiger partial charge in [0, 0.05) is 5.56 Å². The molecule has 0 radical (unpaired) electrons. The van der Waals surface area contributed by atoms with Gasteiger partial charge in [-0.25, -0.2) is 9.79 Å². The second-order valence-corrected chi connectivity index (χ2v) is 11.4. The van der Waals surface area contributed by atoms with Crippen molar-refractivity contribution in [3.8, 4) is 17.2 Å². The van der Waals surface area contributed by atoms with Gasteiger partial charge in [0.2, 0.25) is 0 Å². The van der Waals surface area contributed by atoms with Gasteiger partial charge in [-0.1, -0.05) is 90.2 Å². The lowest BCUT2D eigenvalue weighted by atomic mass is 9.93. The number of rotatable bonds is 10. The van der Waals surface area contributed by atoms with Crippen LogP contribution in [0.4, 0.5) is 0 Å². The molecule has 0 saturated carbocycles. The maximum Gasteiger partial charge on any atom is 0.338 e. The molecule has 6 rings (SSSR count). The van der Waals surface area contributed by atoms with Crippen molar-refractivity contribution >= 4 is 29.1 Å². The molecule has 1 unspecified atom stereocenters. The highest BCUT2D eigenvalue weighted by Gasteiger charge is 2.35. The molecule has 5 aromatic rings. The van der Waals surface area contributed by atoms with Crippen LogP contribution in [0.25, 0.3) is 11.8 Å². The first-order valence-corrected chi connectivity index (χ1v) is 15.6. The molecule has 0 bridgehead atoms. The summed E-state index contributed by atoms with van der Waals surface area (Å²) < 4.78 is 24.6. The van der Waals surface area contributed by atoms with Crippen LogP contribution in [0.5, 0.6) is 17.2 Å². The number of hydrogen-bond acceptors (Lipinski definition) is 8. The third kappa shape index (κ3) is 6.23. The number of aromatic nitrogens is 1. The highest BCUT2D eigenvalue weighted by atomic mass is 32.1. The Morgan fingerprint density at radius 2 is 1.61 bits per heavy atom. The number of benzene rings is 4. The summed E-state index contributed by atoms with van der Waals surface area (Å²) in [6, 6.07) is 31.4. The summed E-state index contributed by atoms with van der Waals surface area (Å²) in [7, 11) is 3.17. The van der Waals surface area contributed by atoms with Crippen molar-refractivity contribution in [1.82, 2.24) is 4.57 Å². The van der Waals surface area contributed by atoms with Crippen LogP contribution in [0.2, 0.25) is 0 Å². The van der Waals surface area contributed by atoms with Gasteiger partial charge >= 0.3 is 5.97 Å². The monoisotopic (exact) mass is 632 g/mol. The highest BCUT2D eigenvalue weighted by molar-refractivity contribution is 7.07. The Labute approximate surface area is 270 Å². The van der Waals surface area contributed by atoms with E-state index in [1.165, 1.54) is 11.3 Å². The van der Waals surface area contributed by atoms with E-state index in [0.717, 1.165) is 22.3 Å². The first kappa shape index (κ1) is 30.6. The quantitative estimate of drug-likeness (QED) is 0.188. The van der Waals surface area contributed by atoms with E-state index in [9.17, 15) is 9.59 Å². The predicted octanol–water partition coefficient (Wildman–Crippen LogP) is 5.53. The molecule has 1 aliphatic heterocycles. The fourth-order valence-electron chi connectivity index (χ4n) is 5.32. The molecule has 0 fully saturated rings. The lowest BCUT2D eigenvalue weighted by Gasteiger charge is -2.26. The molecule has 8 nitrogen and oxygen atoms in total. The molecule has 0 spiro atoms. The van der Waals surface area contributed by atoms with Crippen molar-refractivity contribution in [2.24, 2.45) is 4.99 Å². The molecule has 1 atom stereocenters. The molecule has 4 aromatic carbocycles. The number of methoxy groups -OCH3 is 2. The fraction of sp³-hybridized carbons (Fsp3) is 0.162. The standard InChI is InChI=1S/C37H32N2O6S/c1-4-44-36(41)32-33(26-13-9-6-10-14-26)38-37-39(34(32)27-16-18-28(42-2)19-17-27)35(40)31(46-37)22-25-15-20-29(30(21-25)43-3)45-23-24-11-7-5-8-12-24/h5-22,34H,4,23H2,1-3H3/b31-22-. The molecule has 0 saturated heterocycles. The van der Waals surface area contributed by atoms with Crippen LogP contribution in [0, 0.1) is 0 Å². The summed E-state index contributed by atoms with van der Waals surface area (Å²) in [5.74, 6) is 1.27. The number of thiazole rings is 1. The summed E-state index contributed by atoms with van der Waals surface area (Å²) in [4.78, 5) is 33.2. The molecular weight excluding hydrogens is 600 g/mol. The summed E-state index contributed by atoms with van der Waals surface area (Å²) in [6.45, 7) is 2.33. The third-order valence-corrected chi connectivity index (χ3v) is 8.51. The number of nitrogens with zero attached hydrogens (tertiary/aromatic N) is 2. The Hall–Kier alpha value is -5.41. The number of esters is 1. The van der Waals surface area contributed by atoms with Gasteiger partial charge in [0.1, 0.15) is 12.4 Å². The molecule has 1 aromatic heterocycles. The third-order valence-electron chi connectivity index (χ3n) is 7.53. The average molecular weight is 633 g/mol. The van der Waals surface area contributed by atoms with Crippen LogP contribution in [0.1, 0.15) is 35.2 Å². The number of carbonyl (C=O) groups excluding carboxylic acids is 1. The molecule has 9 heteroatoms. The van der Waals surface area contributed by atoms with Crippen LogP contribution < -0.4 is 29.1 Å². The maximum absolute atomic E-state index is 14.2. The maximum atomic E-state index is 14.2. The second-order valence-electron chi connectivity index (χ2n) is 10.4.